The molecule has 2 heterocycles. The second-order valence-corrected chi connectivity index (χ2v) is 7.18. The van der Waals surface area contributed by atoms with Gasteiger partial charge in [0.25, 0.3) is 0 Å². The second kappa shape index (κ2) is 8.91. The zero-order valence-electron chi connectivity index (χ0n) is 15.5. The molecule has 2 aliphatic rings. The Morgan fingerprint density at radius 2 is 1.86 bits per heavy atom. The molecule has 1 atom stereocenters. The molecule has 0 spiro atoms. The Bertz CT molecular complexity index is 688. The Labute approximate surface area is 161 Å². The maximum absolute atomic E-state index is 12.5. The van der Waals surface area contributed by atoms with Crippen LogP contribution in [0.15, 0.2) is 24.3 Å². The number of ether oxygens (including phenoxy) is 1. The summed E-state index contributed by atoms with van der Waals surface area (Å²) in [5, 5.41) is 2.69. The average Bonchev–Trinajstić information content (AvgIpc) is 3.01. The Balaban J connectivity index is 1.47. The van der Waals surface area contributed by atoms with Crippen LogP contribution in [0.5, 0.6) is 0 Å². The van der Waals surface area contributed by atoms with Crippen LogP contribution in [-0.2, 0) is 20.7 Å². The Kier molecular flexibility index (Phi) is 6.56. The number of nitrogens with one attached hydrogen (secondary N) is 1. The number of likely N-dealkylation sites (tertiary alicyclic amines) is 1. The lowest BCUT2D eigenvalue weighted by Gasteiger charge is -2.26. The van der Waals surface area contributed by atoms with E-state index in [1.54, 1.807) is 12.1 Å². The third kappa shape index (κ3) is 5.93. The van der Waals surface area contributed by atoms with E-state index in [0.717, 1.165) is 44.8 Å². The molecule has 2 fully saturated rings. The van der Waals surface area contributed by atoms with Gasteiger partial charge in [0.1, 0.15) is 6.54 Å². The molecule has 0 aliphatic carbocycles. The molecule has 6 nitrogen and oxygen atoms in total. The molecule has 0 radical (unpaired) electrons. The van der Waals surface area contributed by atoms with Crippen molar-refractivity contribution in [3.05, 3.63) is 29.8 Å². The molecule has 1 aromatic rings. The maximum Gasteiger partial charge on any atom is 0.406 e. The lowest BCUT2D eigenvalue weighted by Crippen LogP contribution is -2.37. The minimum absolute atomic E-state index is 0.195. The van der Waals surface area contributed by atoms with E-state index < -0.39 is 30.5 Å². The number of carbonyl (C=O) groups is 2. The van der Waals surface area contributed by atoms with Gasteiger partial charge in [0, 0.05) is 38.3 Å². The number of hydrogen-bond acceptors (Lipinski definition) is 4. The largest absolute Gasteiger partial charge is 0.406 e. The predicted molar refractivity (Wildman–Crippen MR) is 96.8 cm³/mol. The molecule has 2 aliphatic heterocycles. The normalized spacial score (nSPS) is 21.2. The van der Waals surface area contributed by atoms with Gasteiger partial charge < -0.3 is 15.0 Å². The van der Waals surface area contributed by atoms with Crippen LogP contribution in [0.3, 0.4) is 0 Å². The Morgan fingerprint density at radius 3 is 2.50 bits per heavy atom. The summed E-state index contributed by atoms with van der Waals surface area (Å²) in [6.07, 6.45) is -3.77. The summed E-state index contributed by atoms with van der Waals surface area (Å²) in [6.45, 7) is 2.80. The van der Waals surface area contributed by atoms with Gasteiger partial charge in [-0.15, -0.1) is 0 Å². The summed E-state index contributed by atoms with van der Waals surface area (Å²) >= 11 is 0. The lowest BCUT2D eigenvalue weighted by molar-refractivity contribution is -0.157. The third-order valence-electron chi connectivity index (χ3n) is 5.00. The van der Waals surface area contributed by atoms with Crippen LogP contribution < -0.4 is 5.32 Å². The van der Waals surface area contributed by atoms with Crippen LogP contribution >= 0.6 is 0 Å². The highest BCUT2D eigenvalue weighted by Crippen LogP contribution is 2.25. The number of morpholine rings is 1. The van der Waals surface area contributed by atoms with Crippen LogP contribution in [0.1, 0.15) is 12.0 Å². The molecule has 1 N–H and O–H groups in total. The van der Waals surface area contributed by atoms with Crippen molar-refractivity contribution >= 4 is 17.5 Å². The topological polar surface area (TPSA) is 61.9 Å². The number of anilines is 1. The highest BCUT2D eigenvalue weighted by atomic mass is 19.4. The molecule has 2 amide bonds. The summed E-state index contributed by atoms with van der Waals surface area (Å²) in [5.74, 6) is -1.84. The molecule has 154 valence electrons. The zero-order valence-corrected chi connectivity index (χ0v) is 15.5. The molecule has 0 saturated carbocycles. The van der Waals surface area contributed by atoms with Crippen molar-refractivity contribution in [1.82, 2.24) is 9.80 Å². The van der Waals surface area contributed by atoms with E-state index in [-0.39, 0.29) is 13.0 Å². The van der Waals surface area contributed by atoms with E-state index in [0.29, 0.717) is 10.6 Å². The van der Waals surface area contributed by atoms with E-state index in [4.69, 9.17) is 4.74 Å². The van der Waals surface area contributed by atoms with Gasteiger partial charge in [-0.05, 0) is 24.1 Å². The molecular formula is C19H24F3N3O3. The van der Waals surface area contributed by atoms with Gasteiger partial charge in [-0.2, -0.15) is 13.2 Å². The monoisotopic (exact) mass is 399 g/mol. The molecule has 3 rings (SSSR count). The third-order valence-corrected chi connectivity index (χ3v) is 5.00. The van der Waals surface area contributed by atoms with Crippen molar-refractivity contribution in [2.24, 2.45) is 5.92 Å². The van der Waals surface area contributed by atoms with Crippen LogP contribution in [-0.4, -0.2) is 73.7 Å². The standard InChI is InChI=1S/C19H24F3N3O3/c20-19(21,22)13-25-12-15(11-17(25)26)18(27)23-16-3-1-14(2-4-16)5-6-24-7-9-28-10-8-24/h1-4,15H,5-13H2,(H,23,27). The van der Waals surface area contributed by atoms with Gasteiger partial charge >= 0.3 is 6.18 Å². The molecule has 0 aromatic heterocycles. The van der Waals surface area contributed by atoms with Crippen LogP contribution in [0.25, 0.3) is 0 Å². The van der Waals surface area contributed by atoms with Gasteiger partial charge in [0.15, 0.2) is 0 Å². The van der Waals surface area contributed by atoms with Crippen LogP contribution in [0.4, 0.5) is 18.9 Å². The number of amides is 2. The number of rotatable bonds is 6. The van der Waals surface area contributed by atoms with Crippen molar-refractivity contribution in [3.63, 3.8) is 0 Å². The molecular weight excluding hydrogens is 375 g/mol. The van der Waals surface area contributed by atoms with Gasteiger partial charge in [0.2, 0.25) is 11.8 Å². The van der Waals surface area contributed by atoms with Gasteiger partial charge in [-0.3, -0.25) is 14.5 Å². The summed E-state index contributed by atoms with van der Waals surface area (Å²) in [5.41, 5.74) is 1.71. The first-order valence-corrected chi connectivity index (χ1v) is 9.34. The Hall–Kier alpha value is -2.13. The predicted octanol–water partition coefficient (Wildman–Crippen LogP) is 1.91. The van der Waals surface area contributed by atoms with Crippen LogP contribution in [0.2, 0.25) is 0 Å². The summed E-state index contributed by atoms with van der Waals surface area (Å²) in [7, 11) is 0. The summed E-state index contributed by atoms with van der Waals surface area (Å²) in [6, 6.07) is 7.39. The van der Waals surface area contributed by atoms with E-state index in [9.17, 15) is 22.8 Å². The number of benzene rings is 1. The molecule has 9 heteroatoms. The fourth-order valence-electron chi connectivity index (χ4n) is 3.43. The molecule has 0 bridgehead atoms. The lowest BCUT2D eigenvalue weighted by atomic mass is 10.1. The maximum atomic E-state index is 12.5. The van der Waals surface area contributed by atoms with Gasteiger partial charge in [0.05, 0.1) is 19.1 Å². The van der Waals surface area contributed by atoms with Crippen molar-refractivity contribution in [1.29, 1.82) is 0 Å². The van der Waals surface area contributed by atoms with Crippen molar-refractivity contribution in [2.75, 3.05) is 51.3 Å². The summed E-state index contributed by atoms with van der Waals surface area (Å²) < 4.78 is 42.7. The minimum atomic E-state index is -4.46. The Morgan fingerprint density at radius 1 is 1.18 bits per heavy atom. The number of carbonyl (C=O) groups excluding carboxylic acids is 2. The smallest absolute Gasteiger partial charge is 0.379 e. The van der Waals surface area contributed by atoms with Crippen LogP contribution in [0, 0.1) is 5.92 Å². The molecule has 1 unspecified atom stereocenters. The zero-order chi connectivity index (χ0) is 20.1. The number of nitrogens with zero attached hydrogens (tertiary/aromatic N) is 2. The van der Waals surface area contributed by atoms with Gasteiger partial charge in [-0.1, -0.05) is 12.1 Å². The molecule has 1 aromatic carbocycles. The SMILES string of the molecule is O=C(Nc1ccc(CCN2CCOCC2)cc1)C1CC(=O)N(CC(F)(F)F)C1. The quantitative estimate of drug-likeness (QED) is 0.794. The summed E-state index contributed by atoms with van der Waals surface area (Å²) in [4.78, 5) is 27.0. The van der Waals surface area contributed by atoms with Crippen molar-refractivity contribution in [2.45, 2.75) is 19.0 Å². The van der Waals surface area contributed by atoms with Gasteiger partial charge in [-0.25, -0.2) is 0 Å². The molecule has 28 heavy (non-hydrogen) atoms. The second-order valence-electron chi connectivity index (χ2n) is 7.18. The fraction of sp³-hybridized carbons (Fsp3) is 0.579. The highest BCUT2D eigenvalue weighted by molar-refractivity contribution is 5.97. The number of hydrogen-bond donors (Lipinski definition) is 1. The molecule has 2 saturated heterocycles. The fourth-order valence-corrected chi connectivity index (χ4v) is 3.43. The average molecular weight is 399 g/mol. The van der Waals surface area contributed by atoms with E-state index in [2.05, 4.69) is 10.2 Å². The van der Waals surface area contributed by atoms with Crippen molar-refractivity contribution in [3.8, 4) is 0 Å². The minimum Gasteiger partial charge on any atom is -0.379 e. The van der Waals surface area contributed by atoms with E-state index in [1.165, 1.54) is 0 Å². The first-order chi connectivity index (χ1) is 13.3. The first-order valence-electron chi connectivity index (χ1n) is 9.34. The number of halogens is 3. The highest BCUT2D eigenvalue weighted by Gasteiger charge is 2.40. The first kappa shape index (κ1) is 20.6. The van der Waals surface area contributed by atoms with Crippen molar-refractivity contribution < 1.29 is 27.5 Å². The van der Waals surface area contributed by atoms with E-state index >= 15 is 0 Å². The number of alkyl halides is 3. The van der Waals surface area contributed by atoms with E-state index in [1.807, 2.05) is 12.1 Å².